The van der Waals surface area contributed by atoms with Crippen molar-refractivity contribution in [2.75, 3.05) is 31.6 Å². The summed E-state index contributed by atoms with van der Waals surface area (Å²) in [5, 5.41) is 10.7. The second-order valence-electron chi connectivity index (χ2n) is 9.28. The lowest BCUT2D eigenvalue weighted by Crippen LogP contribution is -2.41. The molecule has 184 valence electrons. The Morgan fingerprint density at radius 3 is 2.78 bits per heavy atom. The van der Waals surface area contributed by atoms with Gasteiger partial charge >= 0.3 is 0 Å². The van der Waals surface area contributed by atoms with Gasteiger partial charge in [-0.15, -0.1) is 0 Å². The predicted octanol–water partition coefficient (Wildman–Crippen LogP) is 3.00. The lowest BCUT2D eigenvalue weighted by atomic mass is 10.1. The Hall–Kier alpha value is -4.05. The number of ether oxygens (including phenoxy) is 1. The molecule has 3 aliphatic rings. The first-order chi connectivity index (χ1) is 17.5. The second-order valence-corrected chi connectivity index (χ2v) is 9.28. The van der Waals surface area contributed by atoms with Crippen LogP contribution in [0.2, 0.25) is 0 Å². The van der Waals surface area contributed by atoms with Crippen LogP contribution in [0.25, 0.3) is 23.0 Å². The van der Waals surface area contributed by atoms with E-state index in [1.807, 2.05) is 6.07 Å². The highest BCUT2D eigenvalue weighted by Gasteiger charge is 2.26. The average molecular weight is 489 g/mol. The Balaban J connectivity index is 1.43. The van der Waals surface area contributed by atoms with Crippen molar-refractivity contribution in [3.63, 3.8) is 0 Å². The van der Waals surface area contributed by atoms with Crippen LogP contribution in [0.5, 0.6) is 0 Å². The molecule has 1 saturated carbocycles. The molecule has 36 heavy (non-hydrogen) atoms. The number of rotatable bonds is 5. The predicted molar refractivity (Wildman–Crippen MR) is 132 cm³/mol. The van der Waals surface area contributed by atoms with Crippen LogP contribution in [0, 0.1) is 5.82 Å². The molecule has 1 aromatic carbocycles. The molecule has 0 spiro atoms. The number of carbonyl (C=O) groups excluding carboxylic acids is 2. The number of fused-ring (bicyclic) bond motifs is 1. The van der Waals surface area contributed by atoms with Gasteiger partial charge in [0.2, 0.25) is 0 Å². The van der Waals surface area contributed by atoms with Crippen LogP contribution < -0.4 is 10.6 Å². The Bertz CT molecular complexity index is 1430. The number of nitrogens with zero attached hydrogens (tertiary/aromatic N) is 4. The van der Waals surface area contributed by atoms with E-state index in [1.54, 1.807) is 33.8 Å². The maximum Gasteiger partial charge on any atom is 0.257 e. The minimum Gasteiger partial charge on any atom is -0.378 e. The van der Waals surface area contributed by atoms with Crippen LogP contribution in [0.3, 0.4) is 0 Å². The van der Waals surface area contributed by atoms with Crippen molar-refractivity contribution < 1.29 is 18.7 Å². The van der Waals surface area contributed by atoms with E-state index in [0.717, 1.165) is 18.7 Å². The molecule has 3 fully saturated rings. The molecule has 3 aromatic rings. The summed E-state index contributed by atoms with van der Waals surface area (Å²) in [4.78, 5) is 31.7. The van der Waals surface area contributed by atoms with Crippen molar-refractivity contribution in [3.05, 3.63) is 65.3 Å². The number of halogens is 1. The number of allylic oxidation sites excluding steroid dienone is 1. The molecule has 0 atom stereocenters. The largest absolute Gasteiger partial charge is 0.378 e. The van der Waals surface area contributed by atoms with Crippen LogP contribution >= 0.6 is 0 Å². The molecule has 2 aromatic heterocycles. The van der Waals surface area contributed by atoms with E-state index in [-0.39, 0.29) is 17.4 Å². The number of hydrogen-bond acceptors (Lipinski definition) is 6. The van der Waals surface area contributed by atoms with Gasteiger partial charge in [-0.1, -0.05) is 6.58 Å². The zero-order valence-electron chi connectivity index (χ0n) is 19.6. The summed E-state index contributed by atoms with van der Waals surface area (Å²) in [6.07, 6.45) is 6.01. The van der Waals surface area contributed by atoms with E-state index >= 15 is 0 Å². The van der Waals surface area contributed by atoms with E-state index in [1.165, 1.54) is 6.07 Å². The number of morpholine rings is 1. The molecule has 0 radical (unpaired) electrons. The van der Waals surface area contributed by atoms with E-state index in [9.17, 15) is 14.0 Å². The fourth-order valence-electron chi connectivity index (χ4n) is 4.45. The molecule has 2 N–H and O–H groups in total. The molecule has 9 nitrogen and oxygen atoms in total. The first-order valence-corrected chi connectivity index (χ1v) is 12.0. The lowest BCUT2D eigenvalue weighted by molar-refractivity contribution is -0.115. The van der Waals surface area contributed by atoms with Crippen LogP contribution in [0.15, 0.2) is 48.3 Å². The summed E-state index contributed by atoms with van der Waals surface area (Å²) in [7, 11) is 0. The number of anilines is 1. The number of benzene rings is 1. The zero-order valence-corrected chi connectivity index (χ0v) is 19.6. The fourth-order valence-corrected chi connectivity index (χ4v) is 4.45. The van der Waals surface area contributed by atoms with Crippen LogP contribution in [-0.4, -0.2) is 63.7 Å². The van der Waals surface area contributed by atoms with Crippen molar-refractivity contribution in [2.24, 2.45) is 0 Å². The maximum atomic E-state index is 14.7. The molecule has 10 heteroatoms. The van der Waals surface area contributed by atoms with E-state index in [2.05, 4.69) is 22.3 Å². The number of carbonyl (C=O) groups is 2. The highest BCUT2D eigenvalue weighted by atomic mass is 19.1. The highest BCUT2D eigenvalue weighted by molar-refractivity contribution is 6.02. The van der Waals surface area contributed by atoms with Crippen molar-refractivity contribution >= 4 is 29.4 Å². The van der Waals surface area contributed by atoms with Gasteiger partial charge in [-0.05, 0) is 37.1 Å². The first-order valence-electron chi connectivity index (χ1n) is 12.0. The third kappa shape index (κ3) is 4.24. The Morgan fingerprint density at radius 1 is 1.25 bits per heavy atom. The van der Waals surface area contributed by atoms with Crippen molar-refractivity contribution in [1.29, 1.82) is 0 Å². The van der Waals surface area contributed by atoms with Crippen molar-refractivity contribution in [2.45, 2.75) is 25.3 Å². The Labute approximate surface area is 206 Å². The van der Waals surface area contributed by atoms with Gasteiger partial charge in [0, 0.05) is 54.0 Å². The SMILES string of the molecule is C=C1C/C(=C\c2cnn3c(NC4CC4)cc(-c4ccc(F)c(C(=O)N5CCOCC5)c4)nc23)C(=O)N1. The molecule has 4 heterocycles. The Kier molecular flexibility index (Phi) is 5.52. The van der Waals surface area contributed by atoms with E-state index < -0.39 is 5.82 Å². The van der Waals surface area contributed by atoms with Gasteiger partial charge in [0.1, 0.15) is 11.6 Å². The van der Waals surface area contributed by atoms with Gasteiger partial charge < -0.3 is 20.3 Å². The molecular weight excluding hydrogens is 463 g/mol. The summed E-state index contributed by atoms with van der Waals surface area (Å²) >= 11 is 0. The van der Waals surface area contributed by atoms with E-state index in [0.29, 0.717) is 72.5 Å². The molecule has 2 saturated heterocycles. The first kappa shape index (κ1) is 22.4. The van der Waals surface area contributed by atoms with Crippen LogP contribution in [-0.2, 0) is 9.53 Å². The minimum atomic E-state index is -0.574. The standard InChI is InChI=1S/C26H25FN6O3/c1-15-10-17(25(34)29-15)11-18-14-28-33-23(30-19-3-4-19)13-22(31-24(18)33)16-2-5-21(27)20(12-16)26(35)32-6-8-36-9-7-32/h2,5,11-14,19,30H,1,3-4,6-10H2,(H,29,34)/b17-11+. The molecule has 6 rings (SSSR count). The number of amides is 2. The average Bonchev–Trinajstić information content (AvgIpc) is 3.52. The molecule has 2 amide bonds. The van der Waals surface area contributed by atoms with Gasteiger partial charge in [-0.25, -0.2) is 9.37 Å². The number of hydrogen-bond donors (Lipinski definition) is 2. The summed E-state index contributed by atoms with van der Waals surface area (Å²) in [5.41, 5.74) is 3.66. The van der Waals surface area contributed by atoms with Gasteiger partial charge in [-0.2, -0.15) is 9.61 Å². The highest BCUT2D eigenvalue weighted by Crippen LogP contribution is 2.31. The summed E-state index contributed by atoms with van der Waals surface area (Å²) in [6.45, 7) is 5.56. The molecule has 0 bridgehead atoms. The van der Waals surface area contributed by atoms with Gasteiger partial charge in [-0.3, -0.25) is 9.59 Å². The quantitative estimate of drug-likeness (QED) is 0.536. The normalized spacial score (nSPS) is 19.2. The molecule has 0 unspecified atom stereocenters. The molecule has 2 aliphatic heterocycles. The van der Waals surface area contributed by atoms with Crippen molar-refractivity contribution in [3.8, 4) is 11.3 Å². The topological polar surface area (TPSA) is 101 Å². The van der Waals surface area contributed by atoms with E-state index in [4.69, 9.17) is 9.72 Å². The summed E-state index contributed by atoms with van der Waals surface area (Å²) in [6, 6.07) is 6.68. The minimum absolute atomic E-state index is 0.00441. The lowest BCUT2D eigenvalue weighted by Gasteiger charge is -2.27. The maximum absolute atomic E-state index is 14.7. The zero-order chi connectivity index (χ0) is 24.8. The van der Waals surface area contributed by atoms with Crippen LogP contribution in [0.1, 0.15) is 35.2 Å². The van der Waals surface area contributed by atoms with Crippen LogP contribution in [0.4, 0.5) is 10.2 Å². The van der Waals surface area contributed by atoms with Gasteiger partial charge in [0.05, 0.1) is 30.7 Å². The summed E-state index contributed by atoms with van der Waals surface area (Å²) in [5.74, 6) is -0.378. The second kappa shape index (κ2) is 8.87. The number of nitrogens with one attached hydrogen (secondary N) is 2. The monoisotopic (exact) mass is 488 g/mol. The number of aromatic nitrogens is 3. The third-order valence-corrected chi connectivity index (χ3v) is 6.53. The molecular formula is C26H25FN6O3. The smallest absolute Gasteiger partial charge is 0.257 e. The fraction of sp³-hybridized carbons (Fsp3) is 0.308. The van der Waals surface area contributed by atoms with Crippen molar-refractivity contribution in [1.82, 2.24) is 24.8 Å². The Morgan fingerprint density at radius 2 is 2.06 bits per heavy atom. The van der Waals surface area contributed by atoms with Gasteiger partial charge in [0.15, 0.2) is 5.65 Å². The third-order valence-electron chi connectivity index (χ3n) is 6.53. The molecule has 1 aliphatic carbocycles. The van der Waals surface area contributed by atoms with Gasteiger partial charge in [0.25, 0.3) is 11.8 Å². The summed E-state index contributed by atoms with van der Waals surface area (Å²) < 4.78 is 21.8.